The van der Waals surface area contributed by atoms with Crippen LogP contribution in [0.4, 0.5) is 0 Å². The van der Waals surface area contributed by atoms with Gasteiger partial charge in [0.25, 0.3) is 0 Å². The van der Waals surface area contributed by atoms with Gasteiger partial charge in [-0.3, -0.25) is 4.79 Å². The summed E-state index contributed by atoms with van der Waals surface area (Å²) in [4.78, 5) is 14.3. The Morgan fingerprint density at radius 1 is 1.21 bits per heavy atom. The van der Waals surface area contributed by atoms with Crippen molar-refractivity contribution in [3.05, 3.63) is 0 Å². The fourth-order valence-corrected chi connectivity index (χ4v) is 5.17. The van der Waals surface area contributed by atoms with Crippen molar-refractivity contribution in [1.29, 1.82) is 0 Å². The standard InChI is InChI=1S/C13H22ClNO3S/c14-8-3-5-11-6-4-9-15(11)13(16)12-7-1-2-10-19(12,17)18/h11-12H,1-10H2. The van der Waals surface area contributed by atoms with Crippen LogP contribution in [0.5, 0.6) is 0 Å². The van der Waals surface area contributed by atoms with Crippen LogP contribution in [0.25, 0.3) is 0 Å². The summed E-state index contributed by atoms with van der Waals surface area (Å²) in [6.45, 7) is 0.706. The third-order valence-corrected chi connectivity index (χ3v) is 6.61. The Morgan fingerprint density at radius 2 is 2.00 bits per heavy atom. The molecule has 0 aliphatic carbocycles. The van der Waals surface area contributed by atoms with Crippen molar-refractivity contribution >= 4 is 27.3 Å². The van der Waals surface area contributed by atoms with Crippen LogP contribution in [-0.2, 0) is 14.6 Å². The van der Waals surface area contributed by atoms with Gasteiger partial charge in [0.2, 0.25) is 5.91 Å². The highest BCUT2D eigenvalue weighted by Crippen LogP contribution is 2.27. The maximum Gasteiger partial charge on any atom is 0.241 e. The second-order valence-corrected chi connectivity index (χ2v) is 8.19. The van der Waals surface area contributed by atoms with Crippen LogP contribution in [0.3, 0.4) is 0 Å². The Bertz CT molecular complexity index is 424. The molecule has 0 spiro atoms. The molecule has 2 unspecified atom stereocenters. The van der Waals surface area contributed by atoms with Gasteiger partial charge in [-0.15, -0.1) is 11.6 Å². The number of halogens is 1. The van der Waals surface area contributed by atoms with Gasteiger partial charge in [-0.2, -0.15) is 0 Å². The first-order valence-electron chi connectivity index (χ1n) is 7.14. The van der Waals surface area contributed by atoms with E-state index in [0.29, 0.717) is 25.3 Å². The molecule has 2 atom stereocenters. The molecule has 2 aliphatic rings. The molecule has 0 radical (unpaired) electrons. The zero-order valence-corrected chi connectivity index (χ0v) is 12.8. The van der Waals surface area contributed by atoms with Crippen molar-refractivity contribution in [2.75, 3.05) is 18.2 Å². The summed E-state index contributed by atoms with van der Waals surface area (Å²) in [5, 5.41) is -0.780. The Balaban J connectivity index is 2.05. The van der Waals surface area contributed by atoms with E-state index in [1.165, 1.54) is 0 Å². The molecule has 19 heavy (non-hydrogen) atoms. The molecule has 0 bridgehead atoms. The summed E-state index contributed by atoms with van der Waals surface area (Å²) >= 11 is 5.70. The van der Waals surface area contributed by atoms with E-state index in [1.54, 1.807) is 4.90 Å². The van der Waals surface area contributed by atoms with Crippen molar-refractivity contribution in [3.63, 3.8) is 0 Å². The van der Waals surface area contributed by atoms with Crippen LogP contribution >= 0.6 is 11.6 Å². The maximum atomic E-state index is 12.5. The zero-order chi connectivity index (χ0) is 13.9. The van der Waals surface area contributed by atoms with Crippen LogP contribution in [0.15, 0.2) is 0 Å². The van der Waals surface area contributed by atoms with E-state index in [2.05, 4.69) is 0 Å². The van der Waals surface area contributed by atoms with Crippen molar-refractivity contribution in [2.24, 2.45) is 0 Å². The second-order valence-electron chi connectivity index (χ2n) is 5.51. The molecule has 0 N–H and O–H groups in total. The highest BCUT2D eigenvalue weighted by Gasteiger charge is 2.40. The molecule has 6 heteroatoms. The van der Waals surface area contributed by atoms with E-state index >= 15 is 0 Å². The molecule has 2 rings (SSSR count). The topological polar surface area (TPSA) is 54.5 Å². The lowest BCUT2D eigenvalue weighted by molar-refractivity contribution is -0.131. The van der Waals surface area contributed by atoms with Crippen LogP contribution < -0.4 is 0 Å². The Labute approximate surface area is 120 Å². The number of carbonyl (C=O) groups excluding carboxylic acids is 1. The molecule has 1 amide bonds. The molecular formula is C13H22ClNO3S. The highest BCUT2D eigenvalue weighted by molar-refractivity contribution is 7.92. The molecule has 2 heterocycles. The fraction of sp³-hybridized carbons (Fsp3) is 0.923. The van der Waals surface area contributed by atoms with Gasteiger partial charge in [0.15, 0.2) is 9.84 Å². The minimum absolute atomic E-state index is 0.156. The van der Waals surface area contributed by atoms with Crippen molar-refractivity contribution in [1.82, 2.24) is 4.90 Å². The number of carbonyl (C=O) groups is 1. The predicted molar refractivity (Wildman–Crippen MR) is 76.1 cm³/mol. The lowest BCUT2D eigenvalue weighted by Crippen LogP contribution is -2.47. The molecule has 2 fully saturated rings. The molecule has 110 valence electrons. The summed E-state index contributed by atoms with van der Waals surface area (Å²) in [6, 6.07) is 0.198. The first-order valence-corrected chi connectivity index (χ1v) is 9.39. The quantitative estimate of drug-likeness (QED) is 0.746. The lowest BCUT2D eigenvalue weighted by atomic mass is 10.1. The molecule has 0 aromatic carbocycles. The van der Waals surface area contributed by atoms with Gasteiger partial charge in [0, 0.05) is 18.5 Å². The summed E-state index contributed by atoms with van der Waals surface area (Å²) in [5.41, 5.74) is 0. The molecular weight excluding hydrogens is 286 g/mol. The third-order valence-electron chi connectivity index (χ3n) is 4.19. The average molecular weight is 308 g/mol. The van der Waals surface area contributed by atoms with E-state index in [1.807, 2.05) is 0 Å². The van der Waals surface area contributed by atoms with Crippen molar-refractivity contribution in [2.45, 2.75) is 56.2 Å². The number of rotatable bonds is 4. The largest absolute Gasteiger partial charge is 0.339 e. The predicted octanol–water partition coefficient (Wildman–Crippen LogP) is 1.96. The van der Waals surface area contributed by atoms with Gasteiger partial charge < -0.3 is 4.90 Å². The number of amides is 1. The van der Waals surface area contributed by atoms with E-state index in [4.69, 9.17) is 11.6 Å². The van der Waals surface area contributed by atoms with Gasteiger partial charge >= 0.3 is 0 Å². The molecule has 0 saturated carbocycles. The van der Waals surface area contributed by atoms with Crippen LogP contribution in [0.2, 0.25) is 0 Å². The zero-order valence-electron chi connectivity index (χ0n) is 11.2. The minimum Gasteiger partial charge on any atom is -0.339 e. The summed E-state index contributed by atoms with van der Waals surface area (Å²) in [7, 11) is -3.22. The summed E-state index contributed by atoms with van der Waals surface area (Å²) in [6.07, 6.45) is 5.77. The van der Waals surface area contributed by atoms with Crippen LogP contribution in [0.1, 0.15) is 44.9 Å². The number of sulfone groups is 1. The summed E-state index contributed by atoms with van der Waals surface area (Å²) < 4.78 is 24.1. The number of alkyl halides is 1. The Morgan fingerprint density at radius 3 is 2.68 bits per heavy atom. The second kappa shape index (κ2) is 6.44. The van der Waals surface area contributed by atoms with Gasteiger partial charge in [-0.1, -0.05) is 6.42 Å². The van der Waals surface area contributed by atoms with Crippen molar-refractivity contribution < 1.29 is 13.2 Å². The van der Waals surface area contributed by atoms with E-state index in [0.717, 1.165) is 32.1 Å². The first-order chi connectivity index (χ1) is 9.06. The molecule has 2 saturated heterocycles. The fourth-order valence-electron chi connectivity index (χ4n) is 3.16. The summed E-state index contributed by atoms with van der Waals surface area (Å²) in [5.74, 6) is 0.612. The SMILES string of the molecule is O=C(C1CCCCS1(=O)=O)N1CCCC1CCCCl. The minimum atomic E-state index is -3.22. The number of likely N-dealkylation sites (tertiary alicyclic amines) is 1. The highest BCUT2D eigenvalue weighted by atomic mass is 35.5. The Kier molecular flexibility index (Phi) is 5.12. The van der Waals surface area contributed by atoms with Crippen LogP contribution in [0, 0.1) is 0 Å². The van der Waals surface area contributed by atoms with Gasteiger partial charge in [-0.25, -0.2) is 8.42 Å². The monoisotopic (exact) mass is 307 g/mol. The number of hydrogen-bond acceptors (Lipinski definition) is 3. The van der Waals surface area contributed by atoms with E-state index in [9.17, 15) is 13.2 Å². The van der Waals surface area contributed by atoms with Gasteiger partial charge in [0.05, 0.1) is 5.75 Å². The van der Waals surface area contributed by atoms with E-state index in [-0.39, 0.29) is 17.7 Å². The van der Waals surface area contributed by atoms with Gasteiger partial charge in [-0.05, 0) is 38.5 Å². The number of nitrogens with zero attached hydrogens (tertiary/aromatic N) is 1. The maximum absolute atomic E-state index is 12.5. The molecule has 0 aromatic rings. The smallest absolute Gasteiger partial charge is 0.241 e. The lowest BCUT2D eigenvalue weighted by Gasteiger charge is -2.30. The average Bonchev–Trinajstić information content (AvgIpc) is 2.83. The molecule has 4 nitrogen and oxygen atoms in total. The van der Waals surface area contributed by atoms with Crippen molar-refractivity contribution in [3.8, 4) is 0 Å². The van der Waals surface area contributed by atoms with E-state index < -0.39 is 15.1 Å². The third kappa shape index (κ3) is 3.43. The first kappa shape index (κ1) is 15.1. The van der Waals surface area contributed by atoms with Gasteiger partial charge in [0.1, 0.15) is 5.25 Å². The normalized spacial score (nSPS) is 30.5. The molecule has 2 aliphatic heterocycles. The van der Waals surface area contributed by atoms with Crippen LogP contribution in [-0.4, -0.2) is 48.7 Å². The molecule has 0 aromatic heterocycles. The Hall–Kier alpha value is -0.290. The number of hydrogen-bond donors (Lipinski definition) is 0.